The summed E-state index contributed by atoms with van der Waals surface area (Å²) in [6.45, 7) is 4.40. The molecule has 4 nitrogen and oxygen atoms in total. The number of hydrogen-bond acceptors (Lipinski definition) is 3. The Morgan fingerprint density at radius 2 is 1.96 bits per heavy atom. The van der Waals surface area contributed by atoms with Gasteiger partial charge in [-0.05, 0) is 41.8 Å². The Labute approximate surface area is 147 Å². The number of nitrogens with zero attached hydrogens (tertiary/aromatic N) is 1. The zero-order valence-electron chi connectivity index (χ0n) is 14.3. The highest BCUT2D eigenvalue weighted by Gasteiger charge is 2.18. The summed E-state index contributed by atoms with van der Waals surface area (Å²) in [5, 5.41) is 10.8. The van der Waals surface area contributed by atoms with E-state index in [0.29, 0.717) is 17.3 Å². The smallest absolute Gasteiger partial charge is 0.257 e. The third-order valence-electron chi connectivity index (χ3n) is 3.92. The van der Waals surface area contributed by atoms with E-state index in [-0.39, 0.29) is 23.1 Å². The van der Waals surface area contributed by atoms with Crippen LogP contribution in [0.5, 0.6) is 11.5 Å². The molecule has 0 aliphatic carbocycles. The lowest BCUT2D eigenvalue weighted by Gasteiger charge is -2.20. The monoisotopic (exact) mass is 347 g/mol. The van der Waals surface area contributed by atoms with E-state index in [1.54, 1.807) is 44.5 Å². The van der Waals surface area contributed by atoms with Gasteiger partial charge in [-0.15, -0.1) is 0 Å². The molecule has 0 aliphatic rings. The van der Waals surface area contributed by atoms with Crippen molar-refractivity contribution in [3.05, 3.63) is 58.1 Å². The van der Waals surface area contributed by atoms with Gasteiger partial charge in [-0.25, -0.2) is 0 Å². The number of halogens is 1. The number of benzene rings is 2. The summed E-state index contributed by atoms with van der Waals surface area (Å²) < 4.78 is 5.31. The summed E-state index contributed by atoms with van der Waals surface area (Å²) in [5.41, 5.74) is 2.07. The van der Waals surface area contributed by atoms with Crippen molar-refractivity contribution in [2.24, 2.45) is 0 Å². The van der Waals surface area contributed by atoms with Gasteiger partial charge in [-0.3, -0.25) is 4.79 Å². The second-order valence-corrected chi connectivity index (χ2v) is 6.49. The number of methoxy groups -OCH3 is 1. The molecule has 24 heavy (non-hydrogen) atoms. The molecule has 0 aliphatic heterocycles. The van der Waals surface area contributed by atoms with Crippen molar-refractivity contribution in [2.45, 2.75) is 26.3 Å². The molecule has 0 spiro atoms. The maximum Gasteiger partial charge on any atom is 0.257 e. The van der Waals surface area contributed by atoms with Crippen molar-refractivity contribution >= 4 is 17.5 Å². The van der Waals surface area contributed by atoms with Gasteiger partial charge in [0.1, 0.15) is 11.5 Å². The van der Waals surface area contributed by atoms with Gasteiger partial charge in [0.05, 0.1) is 12.7 Å². The van der Waals surface area contributed by atoms with Crippen molar-refractivity contribution in [1.29, 1.82) is 0 Å². The fraction of sp³-hybridized carbons (Fsp3) is 0.316. The summed E-state index contributed by atoms with van der Waals surface area (Å²) >= 11 is 6.03. The molecule has 0 saturated carbocycles. The van der Waals surface area contributed by atoms with Crippen LogP contribution in [0.3, 0.4) is 0 Å². The maximum atomic E-state index is 12.6. The van der Waals surface area contributed by atoms with Crippen LogP contribution in [0.15, 0.2) is 36.4 Å². The van der Waals surface area contributed by atoms with E-state index < -0.39 is 0 Å². The highest BCUT2D eigenvalue weighted by molar-refractivity contribution is 6.30. The first-order valence-electron chi connectivity index (χ1n) is 7.74. The highest BCUT2D eigenvalue weighted by Crippen LogP contribution is 2.27. The molecule has 1 amide bonds. The Morgan fingerprint density at radius 1 is 1.25 bits per heavy atom. The Kier molecular flexibility index (Phi) is 5.73. The van der Waals surface area contributed by atoms with Crippen molar-refractivity contribution < 1.29 is 14.6 Å². The van der Waals surface area contributed by atoms with Crippen LogP contribution in [0.1, 0.15) is 41.3 Å². The summed E-state index contributed by atoms with van der Waals surface area (Å²) in [5.74, 6) is 0.688. The van der Waals surface area contributed by atoms with Crippen molar-refractivity contribution in [3.8, 4) is 11.5 Å². The molecule has 0 unspecified atom stereocenters. The molecular formula is C19H22ClNO3. The van der Waals surface area contributed by atoms with Crippen LogP contribution in [0.25, 0.3) is 0 Å². The Morgan fingerprint density at radius 3 is 2.54 bits per heavy atom. The van der Waals surface area contributed by atoms with Gasteiger partial charge in [-0.1, -0.05) is 31.5 Å². The molecule has 0 aromatic heterocycles. The zero-order valence-corrected chi connectivity index (χ0v) is 15.1. The lowest BCUT2D eigenvalue weighted by Crippen LogP contribution is -2.26. The van der Waals surface area contributed by atoms with Crippen LogP contribution in [-0.2, 0) is 6.54 Å². The average molecular weight is 348 g/mol. The van der Waals surface area contributed by atoms with Crippen LogP contribution < -0.4 is 4.74 Å². The van der Waals surface area contributed by atoms with Gasteiger partial charge in [0.2, 0.25) is 0 Å². The topological polar surface area (TPSA) is 49.8 Å². The van der Waals surface area contributed by atoms with Crippen LogP contribution in [0.2, 0.25) is 5.02 Å². The molecule has 0 radical (unpaired) electrons. The summed E-state index contributed by atoms with van der Waals surface area (Å²) in [4.78, 5) is 14.2. The summed E-state index contributed by atoms with van der Waals surface area (Å²) in [7, 11) is 3.25. The van der Waals surface area contributed by atoms with Gasteiger partial charge in [0, 0.05) is 24.2 Å². The van der Waals surface area contributed by atoms with Crippen LogP contribution >= 0.6 is 11.6 Å². The van der Waals surface area contributed by atoms with Gasteiger partial charge < -0.3 is 14.7 Å². The third kappa shape index (κ3) is 4.01. The number of amides is 1. The normalized spacial score (nSPS) is 10.8. The van der Waals surface area contributed by atoms with E-state index in [9.17, 15) is 9.90 Å². The number of phenols is 1. The first-order chi connectivity index (χ1) is 11.3. The Hall–Kier alpha value is -2.20. The van der Waals surface area contributed by atoms with Gasteiger partial charge in [0.25, 0.3) is 5.91 Å². The number of ether oxygens (including phenoxy) is 1. The first-order valence-corrected chi connectivity index (χ1v) is 8.12. The largest absolute Gasteiger partial charge is 0.507 e. The van der Waals surface area contributed by atoms with E-state index in [1.165, 1.54) is 4.90 Å². The fourth-order valence-corrected chi connectivity index (χ4v) is 2.69. The number of carbonyl (C=O) groups is 1. The number of hydrogen-bond donors (Lipinski definition) is 1. The molecule has 0 saturated heterocycles. The van der Waals surface area contributed by atoms with Crippen molar-refractivity contribution in [1.82, 2.24) is 4.90 Å². The minimum absolute atomic E-state index is 0.00360. The molecule has 0 atom stereocenters. The van der Waals surface area contributed by atoms with E-state index in [0.717, 1.165) is 11.1 Å². The van der Waals surface area contributed by atoms with E-state index in [1.807, 2.05) is 19.9 Å². The Balaban J connectivity index is 2.23. The lowest BCUT2D eigenvalue weighted by atomic mass is 10.0. The number of phenolic OH excluding ortho intramolecular Hbond substituents is 1. The fourth-order valence-electron chi connectivity index (χ4n) is 2.49. The first kappa shape index (κ1) is 18.1. The van der Waals surface area contributed by atoms with E-state index >= 15 is 0 Å². The minimum atomic E-state index is -0.259. The van der Waals surface area contributed by atoms with Gasteiger partial charge in [0.15, 0.2) is 0 Å². The molecule has 0 heterocycles. The summed E-state index contributed by atoms with van der Waals surface area (Å²) in [6, 6.07) is 10.5. The number of carbonyl (C=O) groups excluding carboxylic acids is 1. The molecule has 128 valence electrons. The average Bonchev–Trinajstić information content (AvgIpc) is 2.54. The molecule has 0 fully saturated rings. The van der Waals surface area contributed by atoms with Crippen LogP contribution in [-0.4, -0.2) is 30.1 Å². The SMILES string of the molecule is COc1ccc(Cl)cc1CN(C)C(=O)c1ccc(C(C)C)cc1O. The molecule has 2 aromatic rings. The minimum Gasteiger partial charge on any atom is -0.507 e. The van der Waals surface area contributed by atoms with E-state index in [4.69, 9.17) is 16.3 Å². The molecule has 2 rings (SSSR count). The van der Waals surface area contributed by atoms with Crippen LogP contribution in [0.4, 0.5) is 0 Å². The predicted octanol–water partition coefficient (Wildman–Crippen LogP) is 4.45. The van der Waals surface area contributed by atoms with Crippen molar-refractivity contribution in [3.63, 3.8) is 0 Å². The third-order valence-corrected chi connectivity index (χ3v) is 4.15. The van der Waals surface area contributed by atoms with Crippen molar-refractivity contribution in [2.75, 3.05) is 14.2 Å². The molecule has 2 aromatic carbocycles. The molecular weight excluding hydrogens is 326 g/mol. The molecule has 5 heteroatoms. The van der Waals surface area contributed by atoms with Gasteiger partial charge >= 0.3 is 0 Å². The lowest BCUT2D eigenvalue weighted by molar-refractivity contribution is 0.0781. The van der Waals surface area contributed by atoms with E-state index in [2.05, 4.69) is 0 Å². The zero-order chi connectivity index (χ0) is 17.9. The second kappa shape index (κ2) is 7.58. The second-order valence-electron chi connectivity index (χ2n) is 6.05. The maximum absolute atomic E-state index is 12.6. The number of rotatable bonds is 5. The molecule has 0 bridgehead atoms. The molecule has 1 N–H and O–H groups in total. The van der Waals surface area contributed by atoms with Crippen LogP contribution in [0, 0.1) is 0 Å². The highest BCUT2D eigenvalue weighted by atomic mass is 35.5. The quantitative estimate of drug-likeness (QED) is 0.869. The number of aromatic hydroxyl groups is 1. The summed E-state index contributed by atoms with van der Waals surface area (Å²) in [6.07, 6.45) is 0. The predicted molar refractivity (Wildman–Crippen MR) is 96.0 cm³/mol. The van der Waals surface area contributed by atoms with Gasteiger partial charge in [-0.2, -0.15) is 0 Å². The standard InChI is InChI=1S/C19H22ClNO3/c1-12(2)13-5-7-16(17(22)10-13)19(23)21(3)11-14-9-15(20)6-8-18(14)24-4/h5-10,12,22H,11H2,1-4H3. The Bertz CT molecular complexity index is 743.